The first-order valence-corrected chi connectivity index (χ1v) is 9.25. The van der Waals surface area contributed by atoms with Crippen LogP contribution >= 0.6 is 0 Å². The van der Waals surface area contributed by atoms with Crippen LogP contribution in [0.15, 0.2) is 42.5 Å². The highest BCUT2D eigenvalue weighted by Crippen LogP contribution is 2.31. The molecule has 0 amide bonds. The van der Waals surface area contributed by atoms with Gasteiger partial charge in [-0.2, -0.15) is 0 Å². The van der Waals surface area contributed by atoms with Gasteiger partial charge in [0.15, 0.2) is 0 Å². The first-order valence-electron chi connectivity index (χ1n) is 9.25. The average molecular weight is 372 g/mol. The Morgan fingerprint density at radius 1 is 1.00 bits per heavy atom. The lowest BCUT2D eigenvalue weighted by atomic mass is 9.91. The number of carboxylic acids is 1. The minimum absolute atomic E-state index is 0.342. The third kappa shape index (κ3) is 5.91. The molecule has 0 spiro atoms. The molecule has 5 heteroatoms. The molecule has 146 valence electrons. The first kappa shape index (κ1) is 20.6. The molecule has 0 aliphatic heterocycles. The van der Waals surface area contributed by atoms with Gasteiger partial charge in [-0.25, -0.2) is 0 Å². The summed E-state index contributed by atoms with van der Waals surface area (Å²) in [4.78, 5) is 11.9. The monoisotopic (exact) mass is 372 g/mol. The summed E-state index contributed by atoms with van der Waals surface area (Å²) >= 11 is 0. The van der Waals surface area contributed by atoms with Crippen LogP contribution < -0.4 is 14.2 Å². The van der Waals surface area contributed by atoms with E-state index >= 15 is 0 Å². The number of ether oxygens (including phenoxy) is 3. The second-order valence-corrected chi connectivity index (χ2v) is 6.40. The largest absolute Gasteiger partial charge is 0.497 e. The lowest BCUT2D eigenvalue weighted by Gasteiger charge is -2.17. The number of carbonyl (C=O) groups is 1. The third-order valence-electron chi connectivity index (χ3n) is 4.52. The number of carboxylic acid groups (broad SMARTS) is 1. The van der Waals surface area contributed by atoms with Crippen molar-refractivity contribution in [1.82, 2.24) is 0 Å². The Morgan fingerprint density at radius 3 is 2.26 bits per heavy atom. The van der Waals surface area contributed by atoms with Crippen LogP contribution in [0.25, 0.3) is 0 Å². The lowest BCUT2D eigenvalue weighted by molar-refractivity contribution is -0.138. The molecule has 2 rings (SSSR count). The number of unbranched alkanes of at least 4 members (excludes halogenated alkanes) is 2. The van der Waals surface area contributed by atoms with Gasteiger partial charge < -0.3 is 19.3 Å². The molecule has 0 aromatic heterocycles. The molecule has 0 saturated carbocycles. The molecule has 0 saturated heterocycles. The van der Waals surface area contributed by atoms with Crippen molar-refractivity contribution < 1.29 is 24.1 Å². The molecule has 2 aromatic carbocycles. The molecule has 0 aliphatic rings. The zero-order chi connectivity index (χ0) is 19.6. The summed E-state index contributed by atoms with van der Waals surface area (Å²) in [6.45, 7) is 2.75. The van der Waals surface area contributed by atoms with Crippen LogP contribution in [0.5, 0.6) is 17.2 Å². The van der Waals surface area contributed by atoms with Crippen molar-refractivity contribution >= 4 is 5.97 Å². The van der Waals surface area contributed by atoms with Crippen molar-refractivity contribution in [3.05, 3.63) is 53.6 Å². The fraction of sp³-hybridized carbons (Fsp3) is 0.409. The van der Waals surface area contributed by atoms with Gasteiger partial charge in [0.25, 0.3) is 0 Å². The molecule has 27 heavy (non-hydrogen) atoms. The summed E-state index contributed by atoms with van der Waals surface area (Å²) in [6.07, 6.45) is 3.53. The number of methoxy groups -OCH3 is 2. The molecule has 2 aromatic rings. The Labute approximate surface area is 160 Å². The predicted octanol–water partition coefficient (Wildman–Crippen LogP) is 4.68. The van der Waals surface area contributed by atoms with Gasteiger partial charge in [-0.15, -0.1) is 0 Å². The van der Waals surface area contributed by atoms with Crippen molar-refractivity contribution in [2.75, 3.05) is 20.8 Å². The fourth-order valence-electron chi connectivity index (χ4n) is 2.90. The van der Waals surface area contributed by atoms with Crippen LogP contribution in [0.4, 0.5) is 0 Å². The normalized spacial score (nSPS) is 11.7. The molecule has 1 atom stereocenters. The zero-order valence-electron chi connectivity index (χ0n) is 16.2. The first-order chi connectivity index (χ1) is 13.1. The minimum atomic E-state index is -0.868. The maximum Gasteiger partial charge on any atom is 0.311 e. The van der Waals surface area contributed by atoms with E-state index in [1.165, 1.54) is 0 Å². The summed E-state index contributed by atoms with van der Waals surface area (Å²) in [6, 6.07) is 12.7. The Hall–Kier alpha value is -2.69. The van der Waals surface area contributed by atoms with Gasteiger partial charge in [-0.1, -0.05) is 38.0 Å². The van der Waals surface area contributed by atoms with Crippen LogP contribution in [-0.2, 0) is 11.2 Å². The molecule has 1 unspecified atom stereocenters. The summed E-state index contributed by atoms with van der Waals surface area (Å²) < 4.78 is 16.4. The molecule has 0 fully saturated rings. The Balaban J connectivity index is 2.23. The highest BCUT2D eigenvalue weighted by Gasteiger charge is 2.22. The molecular formula is C22H28O5. The van der Waals surface area contributed by atoms with Gasteiger partial charge in [0, 0.05) is 6.07 Å². The summed E-state index contributed by atoms with van der Waals surface area (Å²) in [5, 5.41) is 9.76. The summed E-state index contributed by atoms with van der Waals surface area (Å²) in [5.41, 5.74) is 1.59. The van der Waals surface area contributed by atoms with Gasteiger partial charge in [0.1, 0.15) is 17.2 Å². The smallest absolute Gasteiger partial charge is 0.311 e. The van der Waals surface area contributed by atoms with E-state index in [0.717, 1.165) is 30.4 Å². The van der Waals surface area contributed by atoms with E-state index < -0.39 is 11.9 Å². The standard InChI is InChI=1S/C22H28O5/c1-4-5-6-13-27-21-15-19(26-3)12-9-17(21)14-20(22(23)24)16-7-10-18(25-2)11-8-16/h7-12,15,20H,4-6,13-14H2,1-3H3,(H,23,24). The Morgan fingerprint density at radius 2 is 1.67 bits per heavy atom. The lowest BCUT2D eigenvalue weighted by Crippen LogP contribution is -2.15. The minimum Gasteiger partial charge on any atom is -0.497 e. The van der Waals surface area contributed by atoms with Crippen molar-refractivity contribution in [3.63, 3.8) is 0 Å². The molecule has 1 N–H and O–H groups in total. The van der Waals surface area contributed by atoms with E-state index in [2.05, 4.69) is 6.92 Å². The summed E-state index contributed by atoms with van der Waals surface area (Å²) in [5.74, 6) is 0.549. The predicted molar refractivity (Wildman–Crippen MR) is 105 cm³/mol. The number of hydrogen-bond donors (Lipinski definition) is 1. The Kier molecular flexibility index (Phi) is 7.99. The van der Waals surface area contributed by atoms with Gasteiger partial charge in [-0.3, -0.25) is 4.79 Å². The van der Waals surface area contributed by atoms with Crippen LogP contribution in [0.2, 0.25) is 0 Å². The van der Waals surface area contributed by atoms with E-state index in [4.69, 9.17) is 14.2 Å². The van der Waals surface area contributed by atoms with Crippen molar-refractivity contribution in [2.24, 2.45) is 0 Å². The van der Waals surface area contributed by atoms with Crippen LogP contribution in [0.1, 0.15) is 43.2 Å². The Bertz CT molecular complexity index is 724. The van der Waals surface area contributed by atoms with Gasteiger partial charge in [-0.05, 0) is 42.2 Å². The van der Waals surface area contributed by atoms with E-state index in [9.17, 15) is 9.90 Å². The number of rotatable bonds is 11. The van der Waals surface area contributed by atoms with Gasteiger partial charge in [0.05, 0.1) is 26.7 Å². The highest BCUT2D eigenvalue weighted by atomic mass is 16.5. The van der Waals surface area contributed by atoms with Crippen molar-refractivity contribution in [1.29, 1.82) is 0 Å². The molecular weight excluding hydrogens is 344 g/mol. The second kappa shape index (κ2) is 10.5. The third-order valence-corrected chi connectivity index (χ3v) is 4.52. The second-order valence-electron chi connectivity index (χ2n) is 6.40. The van der Waals surface area contributed by atoms with Crippen LogP contribution in [0.3, 0.4) is 0 Å². The maximum absolute atomic E-state index is 11.9. The van der Waals surface area contributed by atoms with E-state index in [1.54, 1.807) is 38.5 Å². The van der Waals surface area contributed by atoms with Crippen LogP contribution in [-0.4, -0.2) is 31.9 Å². The molecule has 0 bridgehead atoms. The zero-order valence-corrected chi connectivity index (χ0v) is 16.2. The number of hydrogen-bond acceptors (Lipinski definition) is 4. The van der Waals surface area contributed by atoms with Crippen LogP contribution in [0, 0.1) is 0 Å². The molecule has 5 nitrogen and oxygen atoms in total. The number of aliphatic carboxylic acids is 1. The van der Waals surface area contributed by atoms with Gasteiger partial charge >= 0.3 is 5.97 Å². The van der Waals surface area contributed by atoms with E-state index in [-0.39, 0.29) is 0 Å². The molecule has 0 heterocycles. The maximum atomic E-state index is 11.9. The highest BCUT2D eigenvalue weighted by molar-refractivity contribution is 5.76. The van der Waals surface area contributed by atoms with Crippen molar-refractivity contribution in [2.45, 2.75) is 38.5 Å². The molecule has 0 aliphatic carbocycles. The number of benzene rings is 2. The fourth-order valence-corrected chi connectivity index (χ4v) is 2.90. The van der Waals surface area contributed by atoms with E-state index in [0.29, 0.717) is 30.3 Å². The molecule has 0 radical (unpaired) electrons. The quantitative estimate of drug-likeness (QED) is 0.580. The van der Waals surface area contributed by atoms with Gasteiger partial charge in [0.2, 0.25) is 0 Å². The topological polar surface area (TPSA) is 65.0 Å². The SMILES string of the molecule is CCCCCOc1cc(OC)ccc1CC(C(=O)O)c1ccc(OC)cc1. The van der Waals surface area contributed by atoms with Crippen molar-refractivity contribution in [3.8, 4) is 17.2 Å². The average Bonchev–Trinajstić information content (AvgIpc) is 2.69. The van der Waals surface area contributed by atoms with E-state index in [1.807, 2.05) is 18.2 Å². The summed E-state index contributed by atoms with van der Waals surface area (Å²) in [7, 11) is 3.19.